The molecule has 2 aromatic rings. The van der Waals surface area contributed by atoms with Crippen LogP contribution in [0.2, 0.25) is 0 Å². The van der Waals surface area contributed by atoms with Gasteiger partial charge in [-0.15, -0.1) is 11.3 Å². The predicted octanol–water partition coefficient (Wildman–Crippen LogP) is 1.77. The number of hydrogen-bond acceptors (Lipinski definition) is 7. The summed E-state index contributed by atoms with van der Waals surface area (Å²) in [5.74, 6) is 0.501. The van der Waals surface area contributed by atoms with E-state index in [9.17, 15) is 14.9 Å². The zero-order valence-corrected chi connectivity index (χ0v) is 12.3. The summed E-state index contributed by atoms with van der Waals surface area (Å²) in [6.45, 7) is 1.22. The average Bonchev–Trinajstić information content (AvgIpc) is 3.19. The Hall–Kier alpha value is -2.55. The topological polar surface area (TPSA) is 101 Å². The first-order chi connectivity index (χ1) is 10.6. The number of pyridine rings is 1. The van der Waals surface area contributed by atoms with Crippen LogP contribution in [0, 0.1) is 10.1 Å². The monoisotopic (exact) mass is 319 g/mol. The van der Waals surface area contributed by atoms with Crippen LogP contribution in [0.15, 0.2) is 29.2 Å². The molecule has 1 saturated heterocycles. The van der Waals surface area contributed by atoms with E-state index in [1.54, 1.807) is 21.9 Å². The van der Waals surface area contributed by atoms with Gasteiger partial charge in [-0.3, -0.25) is 14.9 Å². The van der Waals surface area contributed by atoms with Crippen molar-refractivity contribution in [1.29, 1.82) is 0 Å². The molecule has 0 spiro atoms. The summed E-state index contributed by atoms with van der Waals surface area (Å²) in [6, 6.07) is 3.06. The minimum Gasteiger partial charge on any atom is -0.365 e. The number of amides is 1. The van der Waals surface area contributed by atoms with E-state index in [1.165, 1.54) is 23.6 Å². The Kier molecular flexibility index (Phi) is 3.96. The summed E-state index contributed by atoms with van der Waals surface area (Å²) in [5, 5.41) is 15.5. The number of hydrogen-bond donors (Lipinski definition) is 1. The van der Waals surface area contributed by atoms with Crippen molar-refractivity contribution in [2.75, 3.05) is 18.4 Å². The van der Waals surface area contributed by atoms with Crippen molar-refractivity contribution >= 4 is 28.7 Å². The molecule has 0 bridgehead atoms. The molecule has 114 valence electrons. The van der Waals surface area contributed by atoms with Crippen LogP contribution in [-0.4, -0.2) is 44.8 Å². The molecule has 8 nitrogen and oxygen atoms in total. The number of carbonyl (C=O) groups excluding carboxylic acids is 1. The quantitative estimate of drug-likeness (QED) is 0.681. The lowest BCUT2D eigenvalue weighted by Gasteiger charge is -2.16. The third kappa shape index (κ3) is 3.03. The second-order valence-corrected chi connectivity index (χ2v) is 5.63. The fourth-order valence-electron chi connectivity index (χ4n) is 2.33. The molecule has 0 aliphatic carbocycles. The van der Waals surface area contributed by atoms with Gasteiger partial charge in [0.05, 0.1) is 10.4 Å². The highest BCUT2D eigenvalue weighted by molar-refractivity contribution is 7.07. The van der Waals surface area contributed by atoms with E-state index in [0.717, 1.165) is 6.42 Å². The van der Waals surface area contributed by atoms with Crippen molar-refractivity contribution in [3.05, 3.63) is 45.0 Å². The third-order valence-corrected chi connectivity index (χ3v) is 4.02. The van der Waals surface area contributed by atoms with E-state index in [1.807, 2.05) is 0 Å². The molecule has 1 amide bonds. The van der Waals surface area contributed by atoms with E-state index in [4.69, 9.17) is 0 Å². The predicted molar refractivity (Wildman–Crippen MR) is 80.9 cm³/mol. The normalized spacial score (nSPS) is 17.5. The van der Waals surface area contributed by atoms with E-state index >= 15 is 0 Å². The molecule has 3 heterocycles. The number of nitro groups is 1. The summed E-state index contributed by atoms with van der Waals surface area (Å²) < 4.78 is 0. The van der Waals surface area contributed by atoms with Crippen molar-refractivity contribution in [1.82, 2.24) is 14.9 Å². The van der Waals surface area contributed by atoms with Gasteiger partial charge in [0, 0.05) is 30.6 Å². The maximum Gasteiger partial charge on any atom is 0.287 e. The fraction of sp³-hybridized carbons (Fsp3) is 0.308. The number of thiazole rings is 1. The molecular formula is C13H13N5O3S. The Morgan fingerprint density at radius 1 is 1.45 bits per heavy atom. The maximum atomic E-state index is 12.2. The highest BCUT2D eigenvalue weighted by atomic mass is 32.1. The van der Waals surface area contributed by atoms with Crippen LogP contribution in [0.4, 0.5) is 11.5 Å². The van der Waals surface area contributed by atoms with E-state index in [0.29, 0.717) is 24.6 Å². The number of rotatable bonds is 4. The Morgan fingerprint density at radius 2 is 2.32 bits per heavy atom. The molecule has 2 aromatic heterocycles. The van der Waals surface area contributed by atoms with Crippen LogP contribution in [0.3, 0.4) is 0 Å². The van der Waals surface area contributed by atoms with Crippen LogP contribution in [0.5, 0.6) is 0 Å². The molecule has 0 radical (unpaired) electrons. The highest BCUT2D eigenvalue weighted by Gasteiger charge is 2.28. The molecule has 9 heteroatoms. The van der Waals surface area contributed by atoms with Crippen LogP contribution >= 0.6 is 11.3 Å². The second kappa shape index (κ2) is 6.06. The van der Waals surface area contributed by atoms with Gasteiger partial charge in [0.1, 0.15) is 17.7 Å². The van der Waals surface area contributed by atoms with Crippen LogP contribution in [0.25, 0.3) is 0 Å². The molecule has 1 aliphatic rings. The summed E-state index contributed by atoms with van der Waals surface area (Å²) in [4.78, 5) is 32.1. The summed E-state index contributed by atoms with van der Waals surface area (Å²) in [7, 11) is 0. The second-order valence-electron chi connectivity index (χ2n) is 4.91. The summed E-state index contributed by atoms with van der Waals surface area (Å²) >= 11 is 1.39. The van der Waals surface area contributed by atoms with Crippen LogP contribution in [0.1, 0.15) is 16.9 Å². The standard InChI is InChI=1S/C13H13N5O3S/c19-13(11-7-22-8-15-11)17-4-3-9(6-17)16-12-2-1-10(5-14-12)18(20)21/h1-2,5,7-9H,3-4,6H2,(H,14,16)/t9-/m0/s1. The Morgan fingerprint density at radius 3 is 2.95 bits per heavy atom. The first-order valence-corrected chi connectivity index (χ1v) is 7.62. The van der Waals surface area contributed by atoms with Gasteiger partial charge in [-0.25, -0.2) is 9.97 Å². The molecule has 22 heavy (non-hydrogen) atoms. The average molecular weight is 319 g/mol. The first-order valence-electron chi connectivity index (χ1n) is 6.68. The molecule has 1 atom stereocenters. The van der Waals surface area contributed by atoms with Crippen molar-refractivity contribution in [2.24, 2.45) is 0 Å². The van der Waals surface area contributed by atoms with Crippen molar-refractivity contribution in [3.63, 3.8) is 0 Å². The minimum atomic E-state index is -0.486. The van der Waals surface area contributed by atoms with E-state index < -0.39 is 4.92 Å². The molecule has 0 unspecified atom stereocenters. The van der Waals surface area contributed by atoms with Gasteiger partial charge >= 0.3 is 0 Å². The number of nitrogens with one attached hydrogen (secondary N) is 1. The molecule has 1 N–H and O–H groups in total. The molecule has 0 saturated carbocycles. The fourth-order valence-corrected chi connectivity index (χ4v) is 2.86. The maximum absolute atomic E-state index is 12.2. The zero-order valence-electron chi connectivity index (χ0n) is 11.5. The Balaban J connectivity index is 1.59. The summed E-state index contributed by atoms with van der Waals surface area (Å²) in [6.07, 6.45) is 2.02. The van der Waals surface area contributed by atoms with Gasteiger partial charge in [-0.1, -0.05) is 0 Å². The first kappa shape index (κ1) is 14.4. The molecule has 1 fully saturated rings. The smallest absolute Gasteiger partial charge is 0.287 e. The van der Waals surface area contributed by atoms with Gasteiger partial charge in [-0.05, 0) is 12.5 Å². The molecule has 1 aliphatic heterocycles. The largest absolute Gasteiger partial charge is 0.365 e. The third-order valence-electron chi connectivity index (χ3n) is 3.44. The lowest BCUT2D eigenvalue weighted by molar-refractivity contribution is -0.385. The summed E-state index contributed by atoms with van der Waals surface area (Å²) in [5.41, 5.74) is 2.07. The van der Waals surface area contributed by atoms with Gasteiger partial charge in [0.25, 0.3) is 11.6 Å². The zero-order chi connectivity index (χ0) is 15.5. The van der Waals surface area contributed by atoms with Crippen molar-refractivity contribution in [3.8, 4) is 0 Å². The Labute approximate surface area is 130 Å². The van der Waals surface area contributed by atoms with Gasteiger partial charge in [0.15, 0.2) is 0 Å². The van der Waals surface area contributed by atoms with E-state index in [-0.39, 0.29) is 17.6 Å². The minimum absolute atomic E-state index is 0.0442. The highest BCUT2D eigenvalue weighted by Crippen LogP contribution is 2.18. The molecular weight excluding hydrogens is 306 g/mol. The lowest BCUT2D eigenvalue weighted by Crippen LogP contribution is -2.31. The van der Waals surface area contributed by atoms with Gasteiger partial charge < -0.3 is 10.2 Å². The number of carbonyl (C=O) groups is 1. The van der Waals surface area contributed by atoms with E-state index in [2.05, 4.69) is 15.3 Å². The molecule has 3 rings (SSSR count). The SMILES string of the molecule is O=C(c1cscn1)N1CC[C@H](Nc2ccc([N+](=O)[O-])cn2)C1. The van der Waals surface area contributed by atoms with Gasteiger partial charge in [0.2, 0.25) is 0 Å². The van der Waals surface area contributed by atoms with Crippen molar-refractivity contribution in [2.45, 2.75) is 12.5 Å². The Bertz CT molecular complexity index is 673. The number of anilines is 1. The molecule has 0 aromatic carbocycles. The van der Waals surface area contributed by atoms with Crippen molar-refractivity contribution < 1.29 is 9.72 Å². The number of aromatic nitrogens is 2. The lowest BCUT2D eigenvalue weighted by atomic mass is 10.2. The van der Waals surface area contributed by atoms with Gasteiger partial charge in [-0.2, -0.15) is 0 Å². The van der Waals surface area contributed by atoms with Crippen LogP contribution < -0.4 is 5.32 Å². The van der Waals surface area contributed by atoms with Crippen LogP contribution in [-0.2, 0) is 0 Å². The number of likely N-dealkylation sites (tertiary alicyclic amines) is 1. The number of nitrogens with zero attached hydrogens (tertiary/aromatic N) is 4.